The van der Waals surface area contributed by atoms with Gasteiger partial charge in [-0.3, -0.25) is 9.36 Å². The SMILES string of the molecule is Cn1nc(C2CCN(C(=O)COc3ccccc3F)CC2)n(C2CC2)c1=O. The van der Waals surface area contributed by atoms with Crippen molar-refractivity contribution in [2.45, 2.75) is 37.6 Å². The number of hydrogen-bond donors (Lipinski definition) is 0. The van der Waals surface area contributed by atoms with Crippen molar-refractivity contribution in [2.75, 3.05) is 19.7 Å². The maximum absolute atomic E-state index is 13.6. The van der Waals surface area contributed by atoms with Gasteiger partial charge in [-0.05, 0) is 37.8 Å². The van der Waals surface area contributed by atoms with E-state index in [0.717, 1.165) is 31.5 Å². The maximum atomic E-state index is 13.6. The molecular weight excluding hydrogens is 351 g/mol. The van der Waals surface area contributed by atoms with Gasteiger partial charge < -0.3 is 9.64 Å². The third-order valence-corrected chi connectivity index (χ3v) is 5.29. The molecule has 1 amide bonds. The number of piperidine rings is 1. The highest BCUT2D eigenvalue weighted by atomic mass is 19.1. The monoisotopic (exact) mass is 374 g/mol. The standard InChI is InChI=1S/C19H23FN4O3/c1-22-19(26)24(14-6-7-14)18(21-22)13-8-10-23(11-9-13)17(25)12-27-16-5-3-2-4-15(16)20/h2-5,13-14H,6-12H2,1H3. The average molecular weight is 374 g/mol. The lowest BCUT2D eigenvalue weighted by atomic mass is 9.96. The summed E-state index contributed by atoms with van der Waals surface area (Å²) in [5, 5.41) is 4.45. The first-order valence-electron chi connectivity index (χ1n) is 9.35. The number of aryl methyl sites for hydroxylation is 1. The first-order chi connectivity index (χ1) is 13.0. The number of para-hydroxylation sites is 1. The first-order valence-corrected chi connectivity index (χ1v) is 9.35. The number of amides is 1. The van der Waals surface area contributed by atoms with Gasteiger partial charge in [-0.25, -0.2) is 13.9 Å². The lowest BCUT2D eigenvalue weighted by Crippen LogP contribution is -2.41. The Balaban J connectivity index is 1.35. The fourth-order valence-corrected chi connectivity index (χ4v) is 3.63. The van der Waals surface area contributed by atoms with Gasteiger partial charge >= 0.3 is 5.69 Å². The second kappa shape index (κ2) is 7.17. The summed E-state index contributed by atoms with van der Waals surface area (Å²) in [6, 6.07) is 6.34. The maximum Gasteiger partial charge on any atom is 0.345 e. The minimum absolute atomic E-state index is 0.0516. The van der Waals surface area contributed by atoms with Gasteiger partial charge in [0.05, 0.1) is 0 Å². The second-order valence-electron chi connectivity index (χ2n) is 7.24. The van der Waals surface area contributed by atoms with Crippen molar-refractivity contribution in [2.24, 2.45) is 7.05 Å². The number of aromatic nitrogens is 3. The van der Waals surface area contributed by atoms with Crippen LogP contribution in [0.1, 0.15) is 43.5 Å². The summed E-state index contributed by atoms with van der Waals surface area (Å²) in [7, 11) is 1.68. The van der Waals surface area contributed by atoms with Crippen molar-refractivity contribution in [3.05, 3.63) is 46.4 Å². The van der Waals surface area contributed by atoms with Gasteiger partial charge in [0.25, 0.3) is 5.91 Å². The molecule has 1 aromatic heterocycles. The number of rotatable bonds is 5. The highest BCUT2D eigenvalue weighted by Gasteiger charge is 2.34. The summed E-state index contributed by atoms with van der Waals surface area (Å²) < 4.78 is 22.1. The predicted octanol–water partition coefficient (Wildman–Crippen LogP) is 1.84. The zero-order chi connectivity index (χ0) is 19.0. The Kier molecular flexibility index (Phi) is 4.72. The molecule has 1 saturated heterocycles. The molecule has 1 saturated carbocycles. The summed E-state index contributed by atoms with van der Waals surface area (Å²) in [6.45, 7) is 0.987. The van der Waals surface area contributed by atoms with Crippen molar-refractivity contribution in [3.8, 4) is 5.75 Å². The van der Waals surface area contributed by atoms with Crippen molar-refractivity contribution in [1.29, 1.82) is 0 Å². The molecule has 0 unspecified atom stereocenters. The Labute approximate surface area is 156 Å². The van der Waals surface area contributed by atoms with E-state index in [4.69, 9.17) is 4.74 Å². The molecule has 8 heteroatoms. The zero-order valence-electron chi connectivity index (χ0n) is 15.3. The van der Waals surface area contributed by atoms with E-state index in [1.807, 2.05) is 4.57 Å². The van der Waals surface area contributed by atoms with E-state index in [2.05, 4.69) is 5.10 Å². The van der Waals surface area contributed by atoms with Crippen molar-refractivity contribution in [3.63, 3.8) is 0 Å². The molecule has 1 aromatic carbocycles. The molecule has 0 atom stereocenters. The minimum atomic E-state index is -0.475. The third-order valence-electron chi connectivity index (χ3n) is 5.29. The lowest BCUT2D eigenvalue weighted by Gasteiger charge is -2.31. The van der Waals surface area contributed by atoms with E-state index in [9.17, 15) is 14.0 Å². The number of ether oxygens (including phenoxy) is 1. The van der Waals surface area contributed by atoms with Gasteiger partial charge in [0.2, 0.25) is 0 Å². The van der Waals surface area contributed by atoms with E-state index in [0.29, 0.717) is 13.1 Å². The molecule has 144 valence electrons. The molecule has 2 aromatic rings. The quantitative estimate of drug-likeness (QED) is 0.801. The fraction of sp³-hybridized carbons (Fsp3) is 0.526. The third kappa shape index (κ3) is 3.61. The molecule has 0 spiro atoms. The van der Waals surface area contributed by atoms with Gasteiger partial charge in [-0.1, -0.05) is 12.1 Å². The van der Waals surface area contributed by atoms with E-state index >= 15 is 0 Å². The Hall–Kier alpha value is -2.64. The van der Waals surface area contributed by atoms with Crippen LogP contribution in [0.4, 0.5) is 4.39 Å². The Morgan fingerprint density at radius 2 is 1.93 bits per heavy atom. The molecule has 1 aliphatic heterocycles. The molecule has 2 aliphatic rings. The molecule has 4 rings (SSSR count). The minimum Gasteiger partial charge on any atom is -0.481 e. The fourth-order valence-electron chi connectivity index (χ4n) is 3.63. The summed E-state index contributed by atoms with van der Waals surface area (Å²) in [5.74, 6) is 0.480. The van der Waals surface area contributed by atoms with Gasteiger partial charge in [0.15, 0.2) is 18.2 Å². The van der Waals surface area contributed by atoms with Crippen molar-refractivity contribution < 1.29 is 13.9 Å². The Bertz CT molecular complexity index is 895. The van der Waals surface area contributed by atoms with Crippen LogP contribution in [0, 0.1) is 5.82 Å². The molecule has 2 fully saturated rings. The number of carbonyl (C=O) groups is 1. The highest BCUT2D eigenvalue weighted by Crippen LogP contribution is 2.37. The van der Waals surface area contributed by atoms with Crippen LogP contribution in [0.2, 0.25) is 0 Å². The van der Waals surface area contributed by atoms with Gasteiger partial charge in [-0.15, -0.1) is 0 Å². The smallest absolute Gasteiger partial charge is 0.345 e. The molecule has 0 bridgehead atoms. The average Bonchev–Trinajstić information content (AvgIpc) is 3.47. The number of benzene rings is 1. The zero-order valence-corrected chi connectivity index (χ0v) is 15.3. The number of carbonyl (C=O) groups excluding carboxylic acids is 1. The molecular formula is C19H23FN4O3. The second-order valence-corrected chi connectivity index (χ2v) is 7.24. The van der Waals surface area contributed by atoms with Crippen LogP contribution >= 0.6 is 0 Å². The van der Waals surface area contributed by atoms with E-state index in [-0.39, 0.29) is 35.9 Å². The topological polar surface area (TPSA) is 69.4 Å². The number of nitrogens with zero attached hydrogens (tertiary/aromatic N) is 4. The first kappa shape index (κ1) is 17.8. The van der Waals surface area contributed by atoms with Crippen LogP contribution < -0.4 is 10.4 Å². The van der Waals surface area contributed by atoms with E-state index in [1.165, 1.54) is 16.8 Å². The largest absolute Gasteiger partial charge is 0.481 e. The Morgan fingerprint density at radius 1 is 1.22 bits per heavy atom. The van der Waals surface area contributed by atoms with Gasteiger partial charge in [0.1, 0.15) is 5.82 Å². The van der Waals surface area contributed by atoms with Crippen molar-refractivity contribution >= 4 is 5.91 Å². The normalized spacial score (nSPS) is 17.9. The van der Waals surface area contributed by atoms with Crippen LogP contribution in [0.15, 0.2) is 29.1 Å². The summed E-state index contributed by atoms with van der Waals surface area (Å²) in [6.07, 6.45) is 3.58. The molecule has 27 heavy (non-hydrogen) atoms. The van der Waals surface area contributed by atoms with Gasteiger partial charge in [-0.2, -0.15) is 5.10 Å². The van der Waals surface area contributed by atoms with Crippen LogP contribution in [-0.2, 0) is 11.8 Å². The lowest BCUT2D eigenvalue weighted by molar-refractivity contribution is -0.134. The Morgan fingerprint density at radius 3 is 2.59 bits per heavy atom. The van der Waals surface area contributed by atoms with Crippen molar-refractivity contribution in [1.82, 2.24) is 19.2 Å². The summed E-state index contributed by atoms with van der Waals surface area (Å²) >= 11 is 0. The predicted molar refractivity (Wildman–Crippen MR) is 96.2 cm³/mol. The number of likely N-dealkylation sites (tertiary alicyclic amines) is 1. The van der Waals surface area contributed by atoms with Crippen LogP contribution in [-0.4, -0.2) is 44.9 Å². The summed E-state index contributed by atoms with van der Waals surface area (Å²) in [5.41, 5.74) is -0.0516. The highest BCUT2D eigenvalue weighted by molar-refractivity contribution is 5.77. The molecule has 7 nitrogen and oxygen atoms in total. The molecule has 2 heterocycles. The summed E-state index contributed by atoms with van der Waals surface area (Å²) in [4.78, 5) is 26.4. The number of halogens is 1. The van der Waals surface area contributed by atoms with Crippen LogP contribution in [0.25, 0.3) is 0 Å². The van der Waals surface area contributed by atoms with E-state index in [1.54, 1.807) is 24.1 Å². The van der Waals surface area contributed by atoms with Gasteiger partial charge in [0, 0.05) is 32.1 Å². The van der Waals surface area contributed by atoms with Crippen LogP contribution in [0.3, 0.4) is 0 Å². The molecule has 1 aliphatic carbocycles. The number of hydrogen-bond acceptors (Lipinski definition) is 4. The van der Waals surface area contributed by atoms with Crippen LogP contribution in [0.5, 0.6) is 5.75 Å². The molecule has 0 N–H and O–H groups in total. The van der Waals surface area contributed by atoms with E-state index < -0.39 is 5.82 Å². The molecule has 0 radical (unpaired) electrons.